The molecule has 0 radical (unpaired) electrons. The summed E-state index contributed by atoms with van der Waals surface area (Å²) in [5.41, 5.74) is 2.60. The molecule has 2 aromatic carbocycles. The minimum Gasteiger partial charge on any atom is -0.338 e. The largest absolute Gasteiger partial charge is 0.338 e. The Kier molecular flexibility index (Phi) is 5.31. The third kappa shape index (κ3) is 3.74. The van der Waals surface area contributed by atoms with E-state index in [1.807, 2.05) is 87.2 Å². The van der Waals surface area contributed by atoms with Gasteiger partial charge in [0.25, 0.3) is 0 Å². The number of carbonyl (C=O) groups excluding carboxylic acids is 1. The number of hydrogen-bond donors (Lipinski definition) is 0. The van der Waals surface area contributed by atoms with Crippen molar-refractivity contribution in [1.29, 1.82) is 0 Å². The van der Waals surface area contributed by atoms with Crippen LogP contribution in [-0.2, 0) is 11.2 Å². The van der Waals surface area contributed by atoms with Crippen LogP contribution in [-0.4, -0.2) is 32.9 Å². The van der Waals surface area contributed by atoms with Gasteiger partial charge >= 0.3 is 0 Å². The zero-order chi connectivity index (χ0) is 18.7. The monoisotopic (exact) mass is 347 g/mol. The number of nitrogens with zero attached hydrogens (tertiary/aromatic N) is 3. The Hall–Kier alpha value is -2.75. The third-order valence-corrected chi connectivity index (χ3v) is 4.43. The zero-order valence-corrected chi connectivity index (χ0v) is 15.8. The fraction of sp³-hybridized carbons (Fsp3) is 0.318. The summed E-state index contributed by atoms with van der Waals surface area (Å²) in [6, 6.07) is 18.1. The van der Waals surface area contributed by atoms with Crippen LogP contribution in [0.15, 0.2) is 54.6 Å². The number of amides is 1. The highest BCUT2D eigenvalue weighted by Gasteiger charge is 2.22. The van der Waals surface area contributed by atoms with Gasteiger partial charge in [-0.05, 0) is 33.8 Å². The molecule has 0 bridgehead atoms. The molecule has 1 aromatic heterocycles. The molecule has 134 valence electrons. The number of fused-ring (bicyclic) bond motifs is 1. The first-order chi connectivity index (χ1) is 12.5. The Morgan fingerprint density at radius 1 is 0.885 bits per heavy atom. The first kappa shape index (κ1) is 18.1. The molecule has 0 N–H and O–H groups in total. The Bertz CT molecular complexity index is 896. The van der Waals surface area contributed by atoms with Crippen molar-refractivity contribution in [3.8, 4) is 11.4 Å². The Balaban J connectivity index is 2.05. The maximum atomic E-state index is 13.0. The number of hydrogen-bond acceptors (Lipinski definition) is 3. The van der Waals surface area contributed by atoms with Crippen molar-refractivity contribution >= 4 is 16.8 Å². The van der Waals surface area contributed by atoms with Crippen LogP contribution in [0.5, 0.6) is 0 Å². The van der Waals surface area contributed by atoms with Crippen LogP contribution in [0, 0.1) is 0 Å². The SMILES string of the molecule is CC(C)N(C(=O)Cc1nc(-c2ccccc2)nc2ccccc12)C(C)C. The molecule has 0 aliphatic heterocycles. The van der Waals surface area contributed by atoms with Gasteiger partial charge in [0.15, 0.2) is 5.82 Å². The Labute approximate surface area is 154 Å². The van der Waals surface area contributed by atoms with Crippen molar-refractivity contribution in [2.75, 3.05) is 0 Å². The summed E-state index contributed by atoms with van der Waals surface area (Å²) in [4.78, 5) is 24.3. The van der Waals surface area contributed by atoms with Gasteiger partial charge in [0.05, 0.1) is 17.6 Å². The number of aromatic nitrogens is 2. The van der Waals surface area contributed by atoms with Gasteiger partial charge in [-0.3, -0.25) is 4.79 Å². The first-order valence-corrected chi connectivity index (χ1v) is 9.09. The van der Waals surface area contributed by atoms with E-state index in [9.17, 15) is 4.79 Å². The number of benzene rings is 2. The van der Waals surface area contributed by atoms with E-state index in [1.165, 1.54) is 0 Å². The van der Waals surface area contributed by atoms with Gasteiger partial charge in [-0.15, -0.1) is 0 Å². The maximum Gasteiger partial charge on any atom is 0.229 e. The van der Waals surface area contributed by atoms with E-state index in [4.69, 9.17) is 9.97 Å². The molecule has 4 nitrogen and oxygen atoms in total. The second-order valence-electron chi connectivity index (χ2n) is 7.04. The van der Waals surface area contributed by atoms with Crippen molar-refractivity contribution in [3.05, 3.63) is 60.3 Å². The molecule has 26 heavy (non-hydrogen) atoms. The molecular formula is C22H25N3O. The summed E-state index contributed by atoms with van der Waals surface area (Å²) in [7, 11) is 0. The lowest BCUT2D eigenvalue weighted by Crippen LogP contribution is -2.43. The van der Waals surface area contributed by atoms with E-state index >= 15 is 0 Å². The highest BCUT2D eigenvalue weighted by atomic mass is 16.2. The molecule has 0 aliphatic rings. The van der Waals surface area contributed by atoms with Crippen molar-refractivity contribution in [1.82, 2.24) is 14.9 Å². The fourth-order valence-electron chi connectivity index (χ4n) is 3.40. The number of rotatable bonds is 5. The van der Waals surface area contributed by atoms with Gasteiger partial charge in [0, 0.05) is 23.0 Å². The predicted octanol–water partition coefficient (Wildman–Crippen LogP) is 4.48. The third-order valence-electron chi connectivity index (χ3n) is 4.43. The number of carbonyl (C=O) groups is 1. The average Bonchev–Trinajstić information content (AvgIpc) is 2.61. The molecule has 0 atom stereocenters. The second-order valence-corrected chi connectivity index (χ2v) is 7.04. The molecule has 0 saturated heterocycles. The van der Waals surface area contributed by atoms with Gasteiger partial charge < -0.3 is 4.90 Å². The van der Waals surface area contributed by atoms with E-state index in [2.05, 4.69) is 0 Å². The normalized spacial score (nSPS) is 11.3. The number of para-hydroxylation sites is 1. The van der Waals surface area contributed by atoms with Crippen molar-refractivity contribution in [2.45, 2.75) is 46.2 Å². The molecule has 3 rings (SSSR count). The van der Waals surface area contributed by atoms with Crippen LogP contribution in [0.25, 0.3) is 22.3 Å². The van der Waals surface area contributed by atoms with Crippen molar-refractivity contribution in [3.63, 3.8) is 0 Å². The van der Waals surface area contributed by atoms with E-state index in [-0.39, 0.29) is 24.4 Å². The smallest absolute Gasteiger partial charge is 0.229 e. The summed E-state index contributed by atoms with van der Waals surface area (Å²) in [5, 5.41) is 0.938. The lowest BCUT2D eigenvalue weighted by molar-refractivity contribution is -0.134. The van der Waals surface area contributed by atoms with E-state index < -0.39 is 0 Å². The lowest BCUT2D eigenvalue weighted by Gasteiger charge is -2.30. The van der Waals surface area contributed by atoms with Gasteiger partial charge in [0.1, 0.15) is 0 Å². The van der Waals surface area contributed by atoms with Gasteiger partial charge in [0.2, 0.25) is 5.91 Å². The van der Waals surface area contributed by atoms with E-state index in [0.717, 1.165) is 22.2 Å². The minimum absolute atomic E-state index is 0.0952. The van der Waals surface area contributed by atoms with Crippen molar-refractivity contribution < 1.29 is 4.79 Å². The highest BCUT2D eigenvalue weighted by Crippen LogP contribution is 2.22. The first-order valence-electron chi connectivity index (χ1n) is 9.09. The average molecular weight is 347 g/mol. The summed E-state index contributed by atoms with van der Waals surface area (Å²) in [6.07, 6.45) is 0.277. The second kappa shape index (κ2) is 7.65. The quantitative estimate of drug-likeness (QED) is 0.683. The van der Waals surface area contributed by atoms with E-state index in [0.29, 0.717) is 5.82 Å². The summed E-state index contributed by atoms with van der Waals surface area (Å²) in [5.74, 6) is 0.755. The van der Waals surface area contributed by atoms with E-state index in [1.54, 1.807) is 0 Å². The summed E-state index contributed by atoms with van der Waals surface area (Å²) < 4.78 is 0. The summed E-state index contributed by atoms with van der Waals surface area (Å²) >= 11 is 0. The van der Waals surface area contributed by atoms with Crippen LogP contribution in [0.2, 0.25) is 0 Å². The van der Waals surface area contributed by atoms with Gasteiger partial charge in [-0.25, -0.2) is 9.97 Å². The van der Waals surface area contributed by atoms with Crippen LogP contribution in [0.4, 0.5) is 0 Å². The molecule has 1 amide bonds. The standard InChI is InChI=1S/C22H25N3O/c1-15(2)25(16(3)4)21(26)14-20-18-12-8-9-13-19(18)23-22(24-20)17-10-6-5-7-11-17/h5-13,15-16H,14H2,1-4H3. The molecule has 0 fully saturated rings. The Morgan fingerprint density at radius 3 is 2.15 bits per heavy atom. The predicted molar refractivity (Wildman–Crippen MR) is 106 cm³/mol. The van der Waals surface area contributed by atoms with Crippen LogP contribution >= 0.6 is 0 Å². The molecule has 0 spiro atoms. The molecule has 4 heteroatoms. The molecule has 0 aliphatic carbocycles. The highest BCUT2D eigenvalue weighted by molar-refractivity contribution is 5.88. The topological polar surface area (TPSA) is 46.1 Å². The fourth-order valence-corrected chi connectivity index (χ4v) is 3.40. The molecule has 3 aromatic rings. The van der Waals surface area contributed by atoms with Gasteiger partial charge in [-0.2, -0.15) is 0 Å². The van der Waals surface area contributed by atoms with Crippen molar-refractivity contribution in [2.24, 2.45) is 0 Å². The molecule has 0 unspecified atom stereocenters. The Morgan fingerprint density at radius 2 is 1.50 bits per heavy atom. The van der Waals surface area contributed by atoms with Crippen LogP contribution in [0.1, 0.15) is 33.4 Å². The van der Waals surface area contributed by atoms with Gasteiger partial charge in [-0.1, -0.05) is 48.5 Å². The maximum absolute atomic E-state index is 13.0. The molecular weight excluding hydrogens is 322 g/mol. The minimum atomic E-state index is 0.0952. The molecule has 0 saturated carbocycles. The summed E-state index contributed by atoms with van der Waals surface area (Å²) in [6.45, 7) is 8.19. The lowest BCUT2D eigenvalue weighted by atomic mass is 10.1. The molecule has 1 heterocycles. The van der Waals surface area contributed by atoms with Crippen LogP contribution < -0.4 is 0 Å². The van der Waals surface area contributed by atoms with Crippen LogP contribution in [0.3, 0.4) is 0 Å². The zero-order valence-electron chi connectivity index (χ0n) is 15.8.